The van der Waals surface area contributed by atoms with Gasteiger partial charge in [-0.3, -0.25) is 4.68 Å². The van der Waals surface area contributed by atoms with Crippen LogP contribution in [0.1, 0.15) is 37.1 Å². The molecule has 1 aromatic rings. The van der Waals surface area contributed by atoms with E-state index in [0.717, 1.165) is 29.5 Å². The number of hydrogen-bond acceptors (Lipinski definition) is 2. The lowest BCUT2D eigenvalue weighted by atomic mass is 9.83. The van der Waals surface area contributed by atoms with Crippen LogP contribution in [0, 0.1) is 19.8 Å². The number of nitrogens with zero attached hydrogens (tertiary/aromatic N) is 2. The van der Waals surface area contributed by atoms with Crippen molar-refractivity contribution in [2.75, 3.05) is 5.73 Å². The van der Waals surface area contributed by atoms with Gasteiger partial charge in [0.25, 0.3) is 0 Å². The third-order valence-corrected chi connectivity index (χ3v) is 3.41. The van der Waals surface area contributed by atoms with E-state index in [4.69, 9.17) is 5.73 Å². The van der Waals surface area contributed by atoms with E-state index in [1.165, 1.54) is 25.7 Å². The molecule has 0 saturated heterocycles. The van der Waals surface area contributed by atoms with Crippen LogP contribution in [0.15, 0.2) is 0 Å². The van der Waals surface area contributed by atoms with Crippen LogP contribution in [0.3, 0.4) is 0 Å². The summed E-state index contributed by atoms with van der Waals surface area (Å²) in [6.45, 7) is 5.06. The topological polar surface area (TPSA) is 43.8 Å². The molecule has 1 aliphatic rings. The Morgan fingerprint density at radius 1 is 1.43 bits per heavy atom. The van der Waals surface area contributed by atoms with Crippen molar-refractivity contribution in [3.63, 3.8) is 0 Å². The molecule has 14 heavy (non-hydrogen) atoms. The molecule has 3 heteroatoms. The second kappa shape index (κ2) is 3.64. The summed E-state index contributed by atoms with van der Waals surface area (Å²) in [4.78, 5) is 0. The molecule has 0 bridgehead atoms. The molecule has 1 fully saturated rings. The zero-order chi connectivity index (χ0) is 10.1. The molecule has 2 N–H and O–H groups in total. The fourth-order valence-electron chi connectivity index (χ4n) is 2.01. The molecule has 0 aromatic carbocycles. The molecule has 1 heterocycles. The first-order valence-corrected chi connectivity index (χ1v) is 5.48. The molecule has 78 valence electrons. The van der Waals surface area contributed by atoms with Crippen LogP contribution in [0.2, 0.25) is 0 Å². The summed E-state index contributed by atoms with van der Waals surface area (Å²) in [6.07, 6.45) is 5.51. The first kappa shape index (κ1) is 9.56. The smallest absolute Gasteiger partial charge is 0.0825 e. The van der Waals surface area contributed by atoms with Gasteiger partial charge in [0, 0.05) is 6.54 Å². The van der Waals surface area contributed by atoms with Crippen molar-refractivity contribution in [1.29, 1.82) is 0 Å². The largest absolute Gasteiger partial charge is 0.396 e. The van der Waals surface area contributed by atoms with Crippen molar-refractivity contribution in [3.8, 4) is 0 Å². The van der Waals surface area contributed by atoms with Gasteiger partial charge in [-0.05, 0) is 26.2 Å². The van der Waals surface area contributed by atoms with E-state index in [1.54, 1.807) is 0 Å². The summed E-state index contributed by atoms with van der Waals surface area (Å²) < 4.78 is 2.06. The molecule has 1 aliphatic carbocycles. The Morgan fingerprint density at radius 2 is 2.14 bits per heavy atom. The molecular weight excluding hydrogens is 174 g/mol. The quantitative estimate of drug-likeness (QED) is 0.800. The molecule has 0 atom stereocenters. The monoisotopic (exact) mass is 193 g/mol. The molecule has 0 spiro atoms. The van der Waals surface area contributed by atoms with Crippen molar-refractivity contribution in [3.05, 3.63) is 11.4 Å². The Labute approximate surface area is 85.3 Å². The third kappa shape index (κ3) is 1.63. The van der Waals surface area contributed by atoms with Crippen LogP contribution in [-0.2, 0) is 6.54 Å². The summed E-state index contributed by atoms with van der Waals surface area (Å²) in [7, 11) is 0. The highest BCUT2D eigenvalue weighted by molar-refractivity contribution is 5.46. The minimum Gasteiger partial charge on any atom is -0.396 e. The van der Waals surface area contributed by atoms with Crippen LogP contribution in [-0.4, -0.2) is 9.78 Å². The Morgan fingerprint density at radius 3 is 2.57 bits per heavy atom. The lowest BCUT2D eigenvalue weighted by molar-refractivity contribution is 0.277. The average molecular weight is 193 g/mol. The second-order valence-electron chi connectivity index (χ2n) is 4.39. The van der Waals surface area contributed by atoms with Gasteiger partial charge in [-0.1, -0.05) is 19.3 Å². The van der Waals surface area contributed by atoms with Gasteiger partial charge in [0.05, 0.1) is 17.1 Å². The highest BCUT2D eigenvalue weighted by Gasteiger charge is 2.17. The van der Waals surface area contributed by atoms with Gasteiger partial charge in [0.1, 0.15) is 0 Å². The summed E-state index contributed by atoms with van der Waals surface area (Å²) in [5.74, 6) is 0.945. The van der Waals surface area contributed by atoms with Crippen molar-refractivity contribution < 1.29 is 0 Å². The van der Waals surface area contributed by atoms with E-state index in [2.05, 4.69) is 16.7 Å². The van der Waals surface area contributed by atoms with Gasteiger partial charge in [-0.15, -0.1) is 0 Å². The van der Waals surface area contributed by atoms with Gasteiger partial charge in [0.2, 0.25) is 0 Å². The molecule has 0 amide bonds. The van der Waals surface area contributed by atoms with Crippen LogP contribution in [0.5, 0.6) is 0 Å². The molecule has 0 radical (unpaired) electrons. The molecule has 0 aliphatic heterocycles. The van der Waals surface area contributed by atoms with Gasteiger partial charge >= 0.3 is 0 Å². The van der Waals surface area contributed by atoms with E-state index in [1.807, 2.05) is 6.92 Å². The number of anilines is 1. The number of hydrogen-bond donors (Lipinski definition) is 1. The predicted octanol–water partition coefficient (Wildman–Crippen LogP) is 2.27. The molecule has 1 aromatic heterocycles. The Balaban J connectivity index is 1.97. The number of aryl methyl sites for hydroxylation is 2. The average Bonchev–Trinajstić information content (AvgIpc) is 2.31. The van der Waals surface area contributed by atoms with Crippen molar-refractivity contribution in [1.82, 2.24) is 9.78 Å². The lowest BCUT2D eigenvalue weighted by Gasteiger charge is -2.25. The number of nitrogens with two attached hydrogens (primary N) is 1. The maximum atomic E-state index is 5.87. The number of aromatic nitrogens is 2. The molecular formula is C11H19N3. The highest BCUT2D eigenvalue weighted by atomic mass is 15.3. The maximum absolute atomic E-state index is 5.87. The van der Waals surface area contributed by atoms with E-state index in [-0.39, 0.29) is 0 Å². The van der Waals surface area contributed by atoms with Crippen LogP contribution in [0.4, 0.5) is 5.69 Å². The normalized spacial score (nSPS) is 17.0. The summed E-state index contributed by atoms with van der Waals surface area (Å²) in [5, 5.41) is 4.43. The molecule has 3 nitrogen and oxygen atoms in total. The third-order valence-electron chi connectivity index (χ3n) is 3.41. The van der Waals surface area contributed by atoms with Gasteiger partial charge in [0.15, 0.2) is 0 Å². The highest BCUT2D eigenvalue weighted by Crippen LogP contribution is 2.30. The zero-order valence-electron chi connectivity index (χ0n) is 9.08. The summed E-state index contributed by atoms with van der Waals surface area (Å²) in [5.41, 5.74) is 8.83. The van der Waals surface area contributed by atoms with Crippen LogP contribution in [0.25, 0.3) is 0 Å². The van der Waals surface area contributed by atoms with E-state index in [0.29, 0.717) is 0 Å². The molecule has 0 unspecified atom stereocenters. The first-order chi connectivity index (χ1) is 6.68. The lowest BCUT2D eigenvalue weighted by Crippen LogP contribution is -2.15. The maximum Gasteiger partial charge on any atom is 0.0825 e. The van der Waals surface area contributed by atoms with Gasteiger partial charge in [-0.2, -0.15) is 5.10 Å². The predicted molar refractivity (Wildman–Crippen MR) is 58.1 cm³/mol. The second-order valence-corrected chi connectivity index (χ2v) is 4.39. The fraction of sp³-hybridized carbons (Fsp3) is 0.727. The minimum absolute atomic E-state index is 0.860. The Bertz CT molecular complexity index is 324. The molecule has 2 rings (SSSR count). The first-order valence-electron chi connectivity index (χ1n) is 5.48. The summed E-state index contributed by atoms with van der Waals surface area (Å²) >= 11 is 0. The van der Waals surface area contributed by atoms with E-state index >= 15 is 0 Å². The van der Waals surface area contributed by atoms with Crippen molar-refractivity contribution in [2.45, 2.75) is 46.1 Å². The fourth-order valence-corrected chi connectivity index (χ4v) is 2.01. The Kier molecular flexibility index (Phi) is 2.48. The minimum atomic E-state index is 0.860. The number of rotatable bonds is 3. The van der Waals surface area contributed by atoms with Crippen LogP contribution >= 0.6 is 0 Å². The zero-order valence-corrected chi connectivity index (χ0v) is 9.08. The van der Waals surface area contributed by atoms with Crippen molar-refractivity contribution >= 4 is 5.69 Å². The Hall–Kier alpha value is -0.990. The van der Waals surface area contributed by atoms with E-state index in [9.17, 15) is 0 Å². The standard InChI is InChI=1S/C11H19N3/c1-8-11(12)9(2)14(13-8)7-6-10-4-3-5-10/h10H,3-7,12H2,1-2H3. The van der Waals surface area contributed by atoms with Crippen molar-refractivity contribution in [2.24, 2.45) is 5.92 Å². The van der Waals surface area contributed by atoms with E-state index < -0.39 is 0 Å². The SMILES string of the molecule is Cc1nn(CCC2CCC2)c(C)c1N. The van der Waals surface area contributed by atoms with Crippen LogP contribution < -0.4 is 5.73 Å². The molecule has 1 saturated carbocycles. The van der Waals surface area contributed by atoms with Gasteiger partial charge < -0.3 is 5.73 Å². The summed E-state index contributed by atoms with van der Waals surface area (Å²) in [6, 6.07) is 0. The number of nitrogen functional groups attached to an aromatic ring is 1. The van der Waals surface area contributed by atoms with Gasteiger partial charge in [-0.25, -0.2) is 0 Å².